The van der Waals surface area contributed by atoms with Crippen LogP contribution in [0.25, 0.3) is 0 Å². The summed E-state index contributed by atoms with van der Waals surface area (Å²) in [7, 11) is 0. The van der Waals surface area contributed by atoms with E-state index in [9.17, 15) is 8.78 Å². The van der Waals surface area contributed by atoms with Crippen molar-refractivity contribution in [3.8, 4) is 11.5 Å². The first kappa shape index (κ1) is 22.0. The molecule has 1 aliphatic carbocycles. The van der Waals surface area contributed by atoms with Crippen molar-refractivity contribution in [2.24, 2.45) is 0 Å². The van der Waals surface area contributed by atoms with Crippen LogP contribution in [0.5, 0.6) is 11.5 Å². The van der Waals surface area contributed by atoms with Gasteiger partial charge in [0.2, 0.25) is 0 Å². The van der Waals surface area contributed by atoms with Crippen LogP contribution < -0.4 is 9.47 Å². The van der Waals surface area contributed by atoms with Gasteiger partial charge < -0.3 is 23.7 Å². The number of fused-ring (bicyclic) bond motifs is 2. The molecule has 0 radical (unpaired) electrons. The van der Waals surface area contributed by atoms with Crippen molar-refractivity contribution in [1.29, 1.82) is 0 Å². The molecule has 0 unspecified atom stereocenters. The molecular formula is C24H28F2O5. The molecule has 7 heteroatoms. The minimum atomic E-state index is -0.389. The summed E-state index contributed by atoms with van der Waals surface area (Å²) in [5.74, 6) is -0.0363. The summed E-state index contributed by atoms with van der Waals surface area (Å²) in [6, 6.07) is 10.2. The molecule has 1 saturated carbocycles. The van der Waals surface area contributed by atoms with Gasteiger partial charge in [0.15, 0.2) is 23.1 Å². The predicted octanol–water partition coefficient (Wildman–Crippen LogP) is 4.45. The van der Waals surface area contributed by atoms with Crippen molar-refractivity contribution in [2.45, 2.75) is 24.7 Å². The van der Waals surface area contributed by atoms with Gasteiger partial charge in [0.1, 0.15) is 13.2 Å². The number of hydrogen-bond acceptors (Lipinski definition) is 5. The van der Waals surface area contributed by atoms with Crippen molar-refractivity contribution >= 4 is 0 Å². The molecule has 3 heterocycles. The van der Waals surface area contributed by atoms with Crippen LogP contribution in [-0.4, -0.2) is 52.9 Å². The maximum atomic E-state index is 14.5. The molecule has 0 spiro atoms. The molecule has 168 valence electrons. The van der Waals surface area contributed by atoms with Gasteiger partial charge in [-0.25, -0.2) is 8.78 Å². The van der Waals surface area contributed by atoms with Gasteiger partial charge >= 0.3 is 0 Å². The zero-order valence-electron chi connectivity index (χ0n) is 17.5. The molecule has 0 N–H and O–H groups in total. The van der Waals surface area contributed by atoms with Crippen LogP contribution in [0, 0.1) is 11.6 Å². The van der Waals surface area contributed by atoms with E-state index in [1.54, 1.807) is 12.1 Å². The maximum absolute atomic E-state index is 14.5. The van der Waals surface area contributed by atoms with Gasteiger partial charge in [0, 0.05) is 0 Å². The summed E-state index contributed by atoms with van der Waals surface area (Å²) in [6.45, 7) is 2.94. The van der Waals surface area contributed by atoms with Gasteiger partial charge in [0.05, 0.1) is 39.6 Å². The van der Waals surface area contributed by atoms with E-state index in [0.29, 0.717) is 39.6 Å². The Hall–Kier alpha value is -2.22. The SMILES string of the molecule is Fc1cc2ccc1OCCOCCOCCOCCOc1ccc(cc1F)[C@@H]1CC[C@H]21. The van der Waals surface area contributed by atoms with Crippen LogP contribution in [0.4, 0.5) is 8.78 Å². The fourth-order valence-corrected chi connectivity index (χ4v) is 3.99. The van der Waals surface area contributed by atoms with Crippen LogP contribution in [-0.2, 0) is 14.2 Å². The molecule has 4 aliphatic rings. The molecule has 0 amide bonds. The lowest BCUT2D eigenvalue weighted by Crippen LogP contribution is -2.22. The normalized spacial score (nSPS) is 23.3. The summed E-state index contributed by atoms with van der Waals surface area (Å²) >= 11 is 0. The van der Waals surface area contributed by atoms with Crippen molar-refractivity contribution in [2.75, 3.05) is 52.9 Å². The molecule has 2 aromatic carbocycles. The van der Waals surface area contributed by atoms with E-state index in [-0.39, 0.29) is 48.2 Å². The van der Waals surface area contributed by atoms with E-state index < -0.39 is 0 Å². The Labute approximate surface area is 181 Å². The van der Waals surface area contributed by atoms with E-state index in [2.05, 4.69) is 0 Å². The van der Waals surface area contributed by atoms with Crippen LogP contribution in [0.3, 0.4) is 0 Å². The van der Waals surface area contributed by atoms with E-state index in [4.69, 9.17) is 23.7 Å². The average molecular weight is 434 g/mol. The molecule has 1 fully saturated rings. The predicted molar refractivity (Wildman–Crippen MR) is 111 cm³/mol. The monoisotopic (exact) mass is 434 g/mol. The first-order chi connectivity index (χ1) is 15.2. The number of rotatable bonds is 0. The molecule has 2 atom stereocenters. The van der Waals surface area contributed by atoms with Gasteiger partial charge in [0.25, 0.3) is 0 Å². The van der Waals surface area contributed by atoms with Gasteiger partial charge in [-0.15, -0.1) is 0 Å². The summed E-state index contributed by atoms with van der Waals surface area (Å²) in [5, 5.41) is 0. The molecule has 5 nitrogen and oxygen atoms in total. The zero-order valence-corrected chi connectivity index (χ0v) is 17.5. The van der Waals surface area contributed by atoms with Crippen LogP contribution in [0.2, 0.25) is 0 Å². The number of ether oxygens (including phenoxy) is 5. The molecule has 31 heavy (non-hydrogen) atoms. The maximum Gasteiger partial charge on any atom is 0.165 e. The Balaban J connectivity index is 1.47. The largest absolute Gasteiger partial charge is 0.488 e. The second kappa shape index (κ2) is 10.9. The highest BCUT2D eigenvalue weighted by Gasteiger charge is 2.34. The molecular weight excluding hydrogens is 406 g/mol. The smallest absolute Gasteiger partial charge is 0.165 e. The minimum Gasteiger partial charge on any atom is -0.488 e. The molecule has 0 aromatic heterocycles. The summed E-state index contributed by atoms with van der Waals surface area (Å²) < 4.78 is 56.4. The van der Waals surface area contributed by atoms with Crippen molar-refractivity contribution < 1.29 is 32.5 Å². The third-order valence-corrected chi connectivity index (χ3v) is 5.76. The Morgan fingerprint density at radius 1 is 0.548 bits per heavy atom. The van der Waals surface area contributed by atoms with E-state index in [1.807, 2.05) is 12.1 Å². The first-order valence-corrected chi connectivity index (χ1v) is 10.8. The Morgan fingerprint density at radius 2 is 0.935 bits per heavy atom. The number of halogens is 2. The highest BCUT2D eigenvalue weighted by atomic mass is 19.1. The molecule has 0 saturated heterocycles. The lowest BCUT2D eigenvalue weighted by Gasteiger charge is -2.37. The van der Waals surface area contributed by atoms with Gasteiger partial charge in [-0.2, -0.15) is 0 Å². The van der Waals surface area contributed by atoms with E-state index >= 15 is 0 Å². The Morgan fingerprint density at radius 3 is 1.29 bits per heavy atom. The van der Waals surface area contributed by atoms with Crippen LogP contribution >= 0.6 is 0 Å². The molecule has 3 aliphatic heterocycles. The first-order valence-electron chi connectivity index (χ1n) is 10.8. The third kappa shape index (κ3) is 5.73. The van der Waals surface area contributed by atoms with Crippen molar-refractivity contribution in [1.82, 2.24) is 0 Å². The van der Waals surface area contributed by atoms with Crippen molar-refractivity contribution in [3.63, 3.8) is 0 Å². The highest BCUT2D eigenvalue weighted by molar-refractivity contribution is 5.38. The quantitative estimate of drug-likeness (QED) is 0.613. The van der Waals surface area contributed by atoms with Crippen LogP contribution in [0.1, 0.15) is 35.8 Å². The van der Waals surface area contributed by atoms with Gasteiger partial charge in [-0.1, -0.05) is 12.1 Å². The average Bonchev–Trinajstić information content (AvgIpc) is 2.72. The topological polar surface area (TPSA) is 46.2 Å². The molecule has 4 bridgehead atoms. The minimum absolute atomic E-state index is 0.160. The second-order valence-electron chi connectivity index (χ2n) is 7.70. The molecule has 2 aromatic rings. The van der Waals surface area contributed by atoms with E-state index in [1.165, 1.54) is 12.1 Å². The second-order valence-corrected chi connectivity index (χ2v) is 7.70. The highest BCUT2D eigenvalue weighted by Crippen LogP contribution is 2.49. The number of benzene rings is 2. The Kier molecular flexibility index (Phi) is 7.72. The summed E-state index contributed by atoms with van der Waals surface area (Å²) in [6.07, 6.45) is 1.88. The lowest BCUT2D eigenvalue weighted by molar-refractivity contribution is 0.00467. The Bertz CT molecular complexity index is 790. The third-order valence-electron chi connectivity index (χ3n) is 5.76. The number of hydrogen-bond donors (Lipinski definition) is 0. The van der Waals surface area contributed by atoms with E-state index in [0.717, 1.165) is 24.0 Å². The van der Waals surface area contributed by atoms with Crippen molar-refractivity contribution in [3.05, 3.63) is 59.2 Å². The zero-order chi connectivity index (χ0) is 21.5. The van der Waals surface area contributed by atoms with Gasteiger partial charge in [-0.05, 0) is 60.1 Å². The van der Waals surface area contributed by atoms with Gasteiger partial charge in [-0.3, -0.25) is 0 Å². The summed E-state index contributed by atoms with van der Waals surface area (Å²) in [4.78, 5) is 0. The lowest BCUT2D eigenvalue weighted by atomic mass is 9.67. The molecule has 6 rings (SSSR count). The fraction of sp³-hybridized carbons (Fsp3) is 0.500. The fourth-order valence-electron chi connectivity index (χ4n) is 3.99. The summed E-state index contributed by atoms with van der Waals surface area (Å²) in [5.41, 5.74) is 1.82. The van der Waals surface area contributed by atoms with Crippen LogP contribution in [0.15, 0.2) is 36.4 Å². The standard InChI is InChI=1S/C24H28F2O5/c25-21-15-17-1-5-23(21)30-13-11-28-9-7-27-8-10-29-12-14-31-24-6-2-18(16-22(24)26)20-4-3-19(17)20/h1-2,5-6,15-16,19-20H,3-4,7-14H2/t19-,20+.